The average molecular weight is 360 g/mol. The Bertz CT molecular complexity index is 564. The van der Waals surface area contributed by atoms with Gasteiger partial charge in [-0.3, -0.25) is 20.0 Å². The molecule has 0 unspecified atom stereocenters. The number of amides is 2. The fraction of sp³-hybridized carbons (Fsp3) is 0.600. The lowest BCUT2D eigenvalue weighted by molar-refractivity contribution is -0.0966. The SMILES string of the molecule is O=C(c1ccc(C(=O)N(O)C2CCCCC2)cc1)N(O)C1CCCCC1. The first kappa shape index (κ1) is 18.9. The van der Waals surface area contributed by atoms with Crippen LogP contribution >= 0.6 is 0 Å². The van der Waals surface area contributed by atoms with E-state index in [4.69, 9.17) is 0 Å². The minimum Gasteiger partial charge on any atom is -0.285 e. The van der Waals surface area contributed by atoms with Gasteiger partial charge in [0.05, 0.1) is 12.1 Å². The highest BCUT2D eigenvalue weighted by Crippen LogP contribution is 2.24. The van der Waals surface area contributed by atoms with Gasteiger partial charge in [-0.25, -0.2) is 10.1 Å². The molecular formula is C20H28N2O4. The zero-order chi connectivity index (χ0) is 18.5. The number of benzene rings is 1. The van der Waals surface area contributed by atoms with Crippen LogP contribution in [0.15, 0.2) is 24.3 Å². The Labute approximate surface area is 154 Å². The van der Waals surface area contributed by atoms with Gasteiger partial charge in [0.2, 0.25) is 0 Å². The first-order valence-corrected chi connectivity index (χ1v) is 9.73. The van der Waals surface area contributed by atoms with E-state index in [1.807, 2.05) is 0 Å². The van der Waals surface area contributed by atoms with Gasteiger partial charge in [0, 0.05) is 11.1 Å². The molecule has 2 aliphatic carbocycles. The Hall–Kier alpha value is -1.92. The zero-order valence-corrected chi connectivity index (χ0v) is 15.1. The second-order valence-electron chi connectivity index (χ2n) is 7.46. The number of hydrogen-bond donors (Lipinski definition) is 2. The standard InChI is InChI=1S/C20H28N2O4/c23-19(21(25)17-7-3-1-4-8-17)15-11-13-16(14-12-15)20(24)22(26)18-9-5-2-6-10-18/h11-14,17-18,25-26H,1-10H2. The summed E-state index contributed by atoms with van der Waals surface area (Å²) < 4.78 is 0. The van der Waals surface area contributed by atoms with E-state index in [-0.39, 0.29) is 12.1 Å². The van der Waals surface area contributed by atoms with Gasteiger partial charge in [0.1, 0.15) is 0 Å². The minimum atomic E-state index is -0.441. The molecule has 0 radical (unpaired) electrons. The summed E-state index contributed by atoms with van der Waals surface area (Å²) in [4.78, 5) is 24.9. The van der Waals surface area contributed by atoms with Crippen LogP contribution in [0.5, 0.6) is 0 Å². The summed E-state index contributed by atoms with van der Waals surface area (Å²) in [6.45, 7) is 0. The van der Waals surface area contributed by atoms with Gasteiger partial charge >= 0.3 is 0 Å². The van der Waals surface area contributed by atoms with E-state index in [2.05, 4.69) is 0 Å². The first-order chi connectivity index (χ1) is 12.6. The zero-order valence-electron chi connectivity index (χ0n) is 15.1. The van der Waals surface area contributed by atoms with Crippen LogP contribution in [-0.2, 0) is 0 Å². The van der Waals surface area contributed by atoms with Crippen LogP contribution in [0.25, 0.3) is 0 Å². The summed E-state index contributed by atoms with van der Waals surface area (Å²) in [5.74, 6) is -0.881. The van der Waals surface area contributed by atoms with Crippen molar-refractivity contribution in [1.29, 1.82) is 0 Å². The normalized spacial score (nSPS) is 19.2. The Morgan fingerprint density at radius 3 is 1.27 bits per heavy atom. The molecule has 2 aliphatic rings. The average Bonchev–Trinajstić information content (AvgIpc) is 2.73. The Balaban J connectivity index is 1.63. The van der Waals surface area contributed by atoms with E-state index in [0.717, 1.165) is 74.3 Å². The molecule has 0 heterocycles. The number of hydrogen-bond acceptors (Lipinski definition) is 4. The van der Waals surface area contributed by atoms with Gasteiger partial charge in [0.15, 0.2) is 0 Å². The third-order valence-corrected chi connectivity index (χ3v) is 5.64. The fourth-order valence-corrected chi connectivity index (χ4v) is 4.00. The number of rotatable bonds is 4. The van der Waals surface area contributed by atoms with Crippen molar-refractivity contribution in [3.63, 3.8) is 0 Å². The van der Waals surface area contributed by atoms with E-state index >= 15 is 0 Å². The topological polar surface area (TPSA) is 81.1 Å². The molecule has 26 heavy (non-hydrogen) atoms. The predicted molar refractivity (Wildman–Crippen MR) is 96.1 cm³/mol. The molecule has 6 heteroatoms. The third-order valence-electron chi connectivity index (χ3n) is 5.64. The van der Waals surface area contributed by atoms with E-state index in [0.29, 0.717) is 11.1 Å². The highest BCUT2D eigenvalue weighted by atomic mass is 16.5. The summed E-state index contributed by atoms with van der Waals surface area (Å²) in [7, 11) is 0. The minimum absolute atomic E-state index is 0.128. The highest BCUT2D eigenvalue weighted by molar-refractivity contribution is 5.97. The lowest BCUT2D eigenvalue weighted by atomic mass is 9.94. The molecule has 2 amide bonds. The van der Waals surface area contributed by atoms with Crippen LogP contribution < -0.4 is 0 Å². The van der Waals surface area contributed by atoms with Crippen molar-refractivity contribution in [2.75, 3.05) is 0 Å². The van der Waals surface area contributed by atoms with Crippen molar-refractivity contribution in [3.8, 4) is 0 Å². The number of hydroxylamine groups is 4. The van der Waals surface area contributed by atoms with Crippen LogP contribution in [0, 0.1) is 0 Å². The number of nitrogens with zero attached hydrogens (tertiary/aromatic N) is 2. The maximum Gasteiger partial charge on any atom is 0.277 e. The summed E-state index contributed by atoms with van der Waals surface area (Å²) in [6.07, 6.45) is 9.67. The van der Waals surface area contributed by atoms with Gasteiger partial charge in [-0.05, 0) is 49.9 Å². The predicted octanol–water partition coefficient (Wildman–Crippen LogP) is 4.01. The molecule has 0 bridgehead atoms. The van der Waals surface area contributed by atoms with E-state index in [1.165, 1.54) is 24.3 Å². The first-order valence-electron chi connectivity index (χ1n) is 9.73. The maximum atomic E-state index is 12.4. The molecule has 2 N–H and O–H groups in total. The van der Waals surface area contributed by atoms with Crippen LogP contribution in [-0.4, -0.2) is 44.4 Å². The molecule has 3 rings (SSSR count). The van der Waals surface area contributed by atoms with Gasteiger partial charge in [-0.2, -0.15) is 0 Å². The quantitative estimate of drug-likeness (QED) is 0.628. The molecule has 2 fully saturated rings. The summed E-state index contributed by atoms with van der Waals surface area (Å²) in [5, 5.41) is 22.1. The van der Waals surface area contributed by atoms with E-state index in [1.54, 1.807) is 0 Å². The van der Waals surface area contributed by atoms with Gasteiger partial charge in [0.25, 0.3) is 11.8 Å². The molecule has 142 valence electrons. The molecule has 2 saturated carbocycles. The molecular weight excluding hydrogens is 332 g/mol. The largest absolute Gasteiger partial charge is 0.285 e. The van der Waals surface area contributed by atoms with Gasteiger partial charge < -0.3 is 0 Å². The van der Waals surface area contributed by atoms with Crippen molar-refractivity contribution in [1.82, 2.24) is 10.1 Å². The molecule has 0 spiro atoms. The second-order valence-corrected chi connectivity index (χ2v) is 7.46. The highest BCUT2D eigenvalue weighted by Gasteiger charge is 2.27. The summed E-state index contributed by atoms with van der Waals surface area (Å²) >= 11 is 0. The van der Waals surface area contributed by atoms with Crippen molar-refractivity contribution in [3.05, 3.63) is 35.4 Å². The molecule has 6 nitrogen and oxygen atoms in total. The van der Waals surface area contributed by atoms with Crippen molar-refractivity contribution in [2.45, 2.75) is 76.3 Å². The lowest BCUT2D eigenvalue weighted by Gasteiger charge is -2.29. The monoisotopic (exact) mass is 360 g/mol. The van der Waals surface area contributed by atoms with Crippen molar-refractivity contribution >= 4 is 11.8 Å². The van der Waals surface area contributed by atoms with Crippen LogP contribution in [0.4, 0.5) is 0 Å². The molecule has 0 atom stereocenters. The van der Waals surface area contributed by atoms with Crippen molar-refractivity contribution < 1.29 is 20.0 Å². The molecule has 0 aromatic heterocycles. The lowest BCUT2D eigenvalue weighted by Crippen LogP contribution is -2.39. The van der Waals surface area contributed by atoms with Crippen LogP contribution in [0.1, 0.15) is 84.9 Å². The van der Waals surface area contributed by atoms with E-state index < -0.39 is 11.8 Å². The molecule has 0 saturated heterocycles. The Morgan fingerprint density at radius 1 is 0.654 bits per heavy atom. The summed E-state index contributed by atoms with van der Waals surface area (Å²) in [6, 6.07) is 5.90. The Morgan fingerprint density at radius 2 is 0.962 bits per heavy atom. The molecule has 1 aromatic carbocycles. The summed E-state index contributed by atoms with van der Waals surface area (Å²) in [5.41, 5.74) is 0.688. The number of carbonyl (C=O) groups is 2. The maximum absolute atomic E-state index is 12.4. The second kappa shape index (κ2) is 8.64. The molecule has 0 aliphatic heterocycles. The van der Waals surface area contributed by atoms with Gasteiger partial charge in [-0.15, -0.1) is 0 Å². The van der Waals surface area contributed by atoms with Crippen LogP contribution in [0.2, 0.25) is 0 Å². The van der Waals surface area contributed by atoms with E-state index in [9.17, 15) is 20.0 Å². The molecule has 1 aromatic rings. The smallest absolute Gasteiger partial charge is 0.277 e. The Kier molecular flexibility index (Phi) is 6.27. The fourth-order valence-electron chi connectivity index (χ4n) is 4.00. The number of carbonyl (C=O) groups excluding carboxylic acids is 2. The van der Waals surface area contributed by atoms with Crippen molar-refractivity contribution in [2.24, 2.45) is 0 Å². The van der Waals surface area contributed by atoms with Crippen LogP contribution in [0.3, 0.4) is 0 Å². The third kappa shape index (κ3) is 4.24. The van der Waals surface area contributed by atoms with Gasteiger partial charge in [-0.1, -0.05) is 38.5 Å².